The highest BCUT2D eigenvalue weighted by molar-refractivity contribution is 6.10. The minimum atomic E-state index is -0.417. The van der Waals surface area contributed by atoms with Crippen molar-refractivity contribution in [2.75, 3.05) is 4.90 Å². The van der Waals surface area contributed by atoms with Crippen LogP contribution in [0.5, 0.6) is 0 Å². The Bertz CT molecular complexity index is 2860. The van der Waals surface area contributed by atoms with Gasteiger partial charge in [-0.25, -0.2) is 0 Å². The predicted octanol–water partition coefficient (Wildman–Crippen LogP) is 13.2. The molecule has 9 aromatic rings. The van der Waals surface area contributed by atoms with Crippen molar-refractivity contribution >= 4 is 38.9 Å². The number of benzene rings is 8. The molecule has 2 aliphatic carbocycles. The zero-order valence-corrected chi connectivity index (χ0v) is 29.7. The van der Waals surface area contributed by atoms with Crippen LogP contribution in [0.2, 0.25) is 0 Å². The van der Waals surface area contributed by atoms with Gasteiger partial charge in [0.15, 0.2) is 0 Å². The van der Waals surface area contributed by atoms with Crippen LogP contribution in [-0.4, -0.2) is 4.57 Å². The fourth-order valence-electron chi connectivity index (χ4n) is 9.52. The van der Waals surface area contributed by atoms with E-state index in [1.807, 2.05) is 0 Å². The summed E-state index contributed by atoms with van der Waals surface area (Å²) in [5.74, 6) is 0. The Balaban J connectivity index is 1.18. The van der Waals surface area contributed by atoms with E-state index in [-0.39, 0.29) is 0 Å². The Kier molecular flexibility index (Phi) is 6.33. The number of hydrogen-bond acceptors (Lipinski definition) is 1. The van der Waals surface area contributed by atoms with E-state index in [9.17, 15) is 0 Å². The van der Waals surface area contributed by atoms with Gasteiger partial charge < -0.3 is 9.47 Å². The molecule has 0 amide bonds. The summed E-state index contributed by atoms with van der Waals surface area (Å²) in [5.41, 5.74) is 19.9. The molecule has 11 rings (SSSR count). The molecule has 8 aromatic carbocycles. The Hall–Kier alpha value is -6.64. The van der Waals surface area contributed by atoms with Crippen molar-refractivity contribution in [3.63, 3.8) is 0 Å². The van der Waals surface area contributed by atoms with Gasteiger partial charge in [-0.15, -0.1) is 0 Å². The molecule has 53 heavy (non-hydrogen) atoms. The van der Waals surface area contributed by atoms with Crippen molar-refractivity contribution in [3.8, 4) is 27.9 Å². The highest BCUT2D eigenvalue weighted by Crippen LogP contribution is 2.63. The van der Waals surface area contributed by atoms with Gasteiger partial charge in [0.25, 0.3) is 0 Å². The van der Waals surface area contributed by atoms with Gasteiger partial charge in [-0.3, -0.25) is 0 Å². The van der Waals surface area contributed by atoms with Gasteiger partial charge in [0, 0.05) is 33.5 Å². The quantitative estimate of drug-likeness (QED) is 0.180. The first-order valence-electron chi connectivity index (χ1n) is 18.5. The van der Waals surface area contributed by atoms with E-state index in [1.165, 1.54) is 77.4 Å². The predicted molar refractivity (Wildman–Crippen MR) is 221 cm³/mol. The Morgan fingerprint density at radius 3 is 1.64 bits per heavy atom. The van der Waals surface area contributed by atoms with E-state index < -0.39 is 5.41 Å². The Morgan fingerprint density at radius 1 is 0.377 bits per heavy atom. The van der Waals surface area contributed by atoms with E-state index in [2.05, 4.69) is 205 Å². The number of nitrogens with zero attached hydrogens (tertiary/aromatic N) is 2. The second-order valence-electron chi connectivity index (χ2n) is 14.7. The van der Waals surface area contributed by atoms with Crippen LogP contribution < -0.4 is 4.90 Å². The van der Waals surface area contributed by atoms with Gasteiger partial charge in [0.1, 0.15) is 0 Å². The summed E-state index contributed by atoms with van der Waals surface area (Å²) in [6.07, 6.45) is 0. The third-order valence-corrected chi connectivity index (χ3v) is 11.7. The Labute approximate surface area is 309 Å². The van der Waals surface area contributed by atoms with E-state index in [1.54, 1.807) is 0 Å². The normalized spacial score (nSPS) is 13.2. The summed E-state index contributed by atoms with van der Waals surface area (Å²) >= 11 is 0. The largest absolute Gasteiger partial charge is 0.310 e. The fraction of sp³-hybridized carbons (Fsp3) is 0.0588. The molecule has 0 saturated carbocycles. The molecule has 0 unspecified atom stereocenters. The third kappa shape index (κ3) is 4.15. The molecular weight excluding hydrogens is 641 g/mol. The minimum Gasteiger partial charge on any atom is -0.310 e. The van der Waals surface area contributed by atoms with Gasteiger partial charge in [0.05, 0.1) is 16.4 Å². The average Bonchev–Trinajstić information content (AvgIpc) is 3.79. The number of hydrogen-bond donors (Lipinski definition) is 0. The third-order valence-electron chi connectivity index (χ3n) is 11.7. The van der Waals surface area contributed by atoms with Crippen molar-refractivity contribution in [1.82, 2.24) is 4.57 Å². The second-order valence-corrected chi connectivity index (χ2v) is 14.7. The summed E-state index contributed by atoms with van der Waals surface area (Å²) in [6.45, 7) is 4.45. The number of anilines is 3. The molecule has 2 heteroatoms. The maximum Gasteiger partial charge on any atom is 0.0726 e. The molecule has 250 valence electrons. The van der Waals surface area contributed by atoms with Crippen LogP contribution in [0.25, 0.3) is 49.7 Å². The molecule has 0 bridgehead atoms. The minimum absolute atomic E-state index is 0.417. The lowest BCUT2D eigenvalue weighted by Gasteiger charge is -2.32. The molecule has 0 N–H and O–H groups in total. The molecule has 1 spiro atoms. The van der Waals surface area contributed by atoms with Crippen LogP contribution in [0.3, 0.4) is 0 Å². The SMILES string of the molecule is Cc1ccc2c(c1)C1(c3ccccc3-c3ccc(N(c4ccccc4)c4ccc5c(c4)c4ccccc4n5-c4ccccc4)cc31)c1cc(C)ccc1-2. The van der Waals surface area contributed by atoms with Gasteiger partial charge in [0.2, 0.25) is 0 Å². The van der Waals surface area contributed by atoms with E-state index in [0.29, 0.717) is 0 Å². The molecule has 0 saturated heterocycles. The lowest BCUT2D eigenvalue weighted by atomic mass is 9.70. The van der Waals surface area contributed by atoms with E-state index >= 15 is 0 Å². The van der Waals surface area contributed by atoms with E-state index in [0.717, 1.165) is 22.7 Å². The summed E-state index contributed by atoms with van der Waals surface area (Å²) in [4.78, 5) is 2.44. The molecule has 1 heterocycles. The van der Waals surface area contributed by atoms with Crippen molar-refractivity contribution in [3.05, 3.63) is 215 Å². The number of aryl methyl sites for hydroxylation is 2. The van der Waals surface area contributed by atoms with Gasteiger partial charge >= 0.3 is 0 Å². The summed E-state index contributed by atoms with van der Waals surface area (Å²) in [5, 5.41) is 2.48. The van der Waals surface area contributed by atoms with Crippen molar-refractivity contribution in [2.24, 2.45) is 0 Å². The first kappa shape index (κ1) is 30.0. The van der Waals surface area contributed by atoms with Crippen molar-refractivity contribution in [1.29, 1.82) is 0 Å². The molecule has 1 aromatic heterocycles. The second kappa shape index (κ2) is 11.2. The van der Waals surface area contributed by atoms with Gasteiger partial charge in [-0.05, 0) is 119 Å². The molecule has 2 aliphatic rings. The topological polar surface area (TPSA) is 8.17 Å². The van der Waals surface area contributed by atoms with Crippen LogP contribution in [0.4, 0.5) is 17.1 Å². The molecule has 0 atom stereocenters. The fourth-order valence-corrected chi connectivity index (χ4v) is 9.52. The summed E-state index contributed by atoms with van der Waals surface area (Å²) in [7, 11) is 0. The van der Waals surface area contributed by atoms with Gasteiger partial charge in [-0.2, -0.15) is 0 Å². The highest BCUT2D eigenvalue weighted by atomic mass is 15.1. The highest BCUT2D eigenvalue weighted by Gasteiger charge is 2.52. The number of rotatable bonds is 4. The van der Waals surface area contributed by atoms with E-state index in [4.69, 9.17) is 0 Å². The van der Waals surface area contributed by atoms with Crippen LogP contribution in [0.1, 0.15) is 33.4 Å². The molecule has 0 radical (unpaired) electrons. The van der Waals surface area contributed by atoms with Crippen LogP contribution in [0.15, 0.2) is 182 Å². The van der Waals surface area contributed by atoms with Crippen molar-refractivity contribution in [2.45, 2.75) is 19.3 Å². The molecule has 0 fully saturated rings. The number of para-hydroxylation sites is 3. The summed E-state index contributed by atoms with van der Waals surface area (Å²) < 4.78 is 2.39. The standard InChI is InChI=1S/C51H36N2/c1-33-21-25-40-41-26-22-34(2)30-47(41)51(46(40)29-33)45-19-11-9-17-39(45)42-27-23-38(32-48(42)51)52(35-13-5-3-6-14-35)37-24-28-50-44(31-37)43-18-10-12-20-49(43)53(50)36-15-7-4-8-16-36/h3-32H,1-2H3. The van der Waals surface area contributed by atoms with Crippen molar-refractivity contribution < 1.29 is 0 Å². The first-order chi connectivity index (χ1) is 26.1. The zero-order chi connectivity index (χ0) is 35.3. The van der Waals surface area contributed by atoms with Crippen LogP contribution >= 0.6 is 0 Å². The van der Waals surface area contributed by atoms with Gasteiger partial charge in [-0.1, -0.05) is 132 Å². The lowest BCUT2D eigenvalue weighted by Crippen LogP contribution is -2.26. The number of aromatic nitrogens is 1. The molecule has 2 nitrogen and oxygen atoms in total. The summed E-state index contributed by atoms with van der Waals surface area (Å²) in [6, 6.07) is 67.6. The maximum atomic E-state index is 2.49. The zero-order valence-electron chi connectivity index (χ0n) is 29.7. The van der Waals surface area contributed by atoms with Crippen LogP contribution in [-0.2, 0) is 5.41 Å². The smallest absolute Gasteiger partial charge is 0.0726 e. The lowest BCUT2D eigenvalue weighted by molar-refractivity contribution is 0.791. The molecular formula is C51H36N2. The Morgan fingerprint density at radius 2 is 0.906 bits per heavy atom. The first-order valence-corrected chi connectivity index (χ1v) is 18.5. The van der Waals surface area contributed by atoms with Crippen LogP contribution in [0, 0.1) is 13.8 Å². The maximum absolute atomic E-state index is 2.49. The average molecular weight is 677 g/mol. The monoisotopic (exact) mass is 676 g/mol. The number of fused-ring (bicyclic) bond motifs is 13. The molecule has 0 aliphatic heterocycles.